The molecule has 0 radical (unpaired) electrons. The lowest BCUT2D eigenvalue weighted by Gasteiger charge is -2.30. The summed E-state index contributed by atoms with van der Waals surface area (Å²) < 4.78 is 2.34. The third-order valence-corrected chi connectivity index (χ3v) is 7.86. The Morgan fingerprint density at radius 1 is 0.607 bits per heavy atom. The van der Waals surface area contributed by atoms with Crippen LogP contribution < -0.4 is 0 Å². The van der Waals surface area contributed by atoms with E-state index < -0.39 is 0 Å². The van der Waals surface area contributed by atoms with Crippen LogP contribution in [0.5, 0.6) is 0 Å². The largest absolute Gasteiger partial charge is 0.0534 e. The molecule has 2 heteroatoms. The molecule has 142 valence electrons. The second-order valence-corrected chi connectivity index (χ2v) is 11.3. The van der Waals surface area contributed by atoms with Crippen molar-refractivity contribution in [3.05, 3.63) is 78.7 Å². The average molecular weight is 496 g/mol. The van der Waals surface area contributed by atoms with E-state index in [0.717, 1.165) is 0 Å². The first-order valence-corrected chi connectivity index (χ1v) is 11.4. The van der Waals surface area contributed by atoms with Crippen molar-refractivity contribution in [1.29, 1.82) is 0 Å². The van der Waals surface area contributed by atoms with E-state index in [1.54, 1.807) is 0 Å². The number of fused-ring (bicyclic) bond motifs is 7. The van der Waals surface area contributed by atoms with Crippen LogP contribution in [0.4, 0.5) is 0 Å². The molecule has 0 aliphatic heterocycles. The summed E-state index contributed by atoms with van der Waals surface area (Å²) >= 11 is 7.47. The summed E-state index contributed by atoms with van der Waals surface area (Å²) in [5.74, 6) is 0. The fourth-order valence-electron chi connectivity index (χ4n) is 5.77. The highest BCUT2D eigenvalue weighted by atomic mass is 79.9. The van der Waals surface area contributed by atoms with Crippen LogP contribution in [0.1, 0.15) is 61.1 Å². The van der Waals surface area contributed by atoms with Crippen molar-refractivity contribution in [2.24, 2.45) is 0 Å². The fourth-order valence-corrected chi connectivity index (χ4v) is 6.92. The van der Waals surface area contributed by atoms with Gasteiger partial charge in [0.05, 0.1) is 0 Å². The minimum Gasteiger partial charge on any atom is -0.0534 e. The molecule has 0 spiro atoms. The van der Waals surface area contributed by atoms with Crippen LogP contribution in [0.3, 0.4) is 0 Å². The van der Waals surface area contributed by atoms with Gasteiger partial charge in [-0.05, 0) is 93.7 Å². The lowest BCUT2D eigenvalue weighted by Crippen LogP contribution is -2.24. The van der Waals surface area contributed by atoms with E-state index in [9.17, 15) is 0 Å². The van der Waals surface area contributed by atoms with Crippen LogP contribution in [-0.2, 0) is 10.8 Å². The van der Waals surface area contributed by atoms with Crippen LogP contribution >= 0.6 is 31.9 Å². The minimum atomic E-state index is -0.0188. The third-order valence-electron chi connectivity index (χ3n) is 6.94. The van der Waals surface area contributed by atoms with E-state index in [0.29, 0.717) is 0 Å². The van der Waals surface area contributed by atoms with Gasteiger partial charge in [0.15, 0.2) is 0 Å². The number of benzene rings is 3. The van der Waals surface area contributed by atoms with Gasteiger partial charge in [-0.15, -0.1) is 0 Å². The summed E-state index contributed by atoms with van der Waals surface area (Å²) in [6.07, 6.45) is 0. The van der Waals surface area contributed by atoms with E-state index in [1.165, 1.54) is 64.6 Å². The summed E-state index contributed by atoms with van der Waals surface area (Å²) in [5.41, 5.74) is 14.3. The van der Waals surface area contributed by atoms with Crippen molar-refractivity contribution < 1.29 is 0 Å². The molecule has 0 unspecified atom stereocenters. The highest BCUT2D eigenvalue weighted by Crippen LogP contribution is 2.60. The van der Waals surface area contributed by atoms with Crippen molar-refractivity contribution in [3.63, 3.8) is 0 Å². The van der Waals surface area contributed by atoms with Gasteiger partial charge in [-0.2, -0.15) is 0 Å². The second kappa shape index (κ2) is 5.61. The number of halogens is 2. The van der Waals surface area contributed by atoms with Gasteiger partial charge in [0.1, 0.15) is 0 Å². The average Bonchev–Trinajstić information content (AvgIpc) is 2.94. The maximum absolute atomic E-state index is 3.73. The Kier molecular flexibility index (Phi) is 3.73. The Morgan fingerprint density at radius 3 is 1.32 bits per heavy atom. The van der Waals surface area contributed by atoms with Crippen molar-refractivity contribution in [3.8, 4) is 22.3 Å². The maximum Gasteiger partial charge on any atom is 0.0181 e. The molecule has 0 aromatic heterocycles. The van der Waals surface area contributed by atoms with E-state index >= 15 is 0 Å². The summed E-state index contributed by atoms with van der Waals surface area (Å²) in [4.78, 5) is 0. The van der Waals surface area contributed by atoms with Crippen LogP contribution in [0.25, 0.3) is 22.3 Å². The summed E-state index contributed by atoms with van der Waals surface area (Å²) in [6.45, 7) is 14.1. The number of rotatable bonds is 0. The zero-order valence-electron chi connectivity index (χ0n) is 17.2. The minimum absolute atomic E-state index is 0.0188. The van der Waals surface area contributed by atoms with Gasteiger partial charge in [-0.3, -0.25) is 0 Å². The normalized spacial score (nSPS) is 17.1. The van der Waals surface area contributed by atoms with Crippen LogP contribution in [0, 0.1) is 13.8 Å². The highest BCUT2D eigenvalue weighted by molar-refractivity contribution is 9.10. The quantitative estimate of drug-likeness (QED) is 0.293. The lowest BCUT2D eigenvalue weighted by atomic mass is 9.72. The zero-order valence-corrected chi connectivity index (χ0v) is 20.4. The SMILES string of the molecule is Cc1cc(Br)cc2c1-c1ccc3c(c1C2(C)C)C(C)(C)c1cc(Br)cc(C)c1-3. The molecule has 0 saturated carbocycles. The molecule has 0 atom stereocenters. The topological polar surface area (TPSA) is 0 Å². The van der Waals surface area contributed by atoms with Crippen LogP contribution in [0.2, 0.25) is 0 Å². The number of hydrogen-bond donors (Lipinski definition) is 0. The monoisotopic (exact) mass is 494 g/mol. The first-order chi connectivity index (χ1) is 13.0. The van der Waals surface area contributed by atoms with E-state index in [4.69, 9.17) is 0 Å². The fraction of sp³-hybridized carbons (Fsp3) is 0.308. The van der Waals surface area contributed by atoms with E-state index in [-0.39, 0.29) is 10.8 Å². The Morgan fingerprint density at radius 2 is 0.964 bits per heavy atom. The van der Waals surface area contributed by atoms with Gasteiger partial charge in [0, 0.05) is 19.8 Å². The first-order valence-electron chi connectivity index (χ1n) is 9.85. The van der Waals surface area contributed by atoms with Crippen molar-refractivity contribution >= 4 is 31.9 Å². The molecule has 2 aliphatic carbocycles. The van der Waals surface area contributed by atoms with Crippen LogP contribution in [0.15, 0.2) is 45.3 Å². The molecule has 5 rings (SSSR count). The summed E-state index contributed by atoms with van der Waals surface area (Å²) in [6, 6.07) is 13.9. The number of hydrogen-bond acceptors (Lipinski definition) is 0. The number of aryl methyl sites for hydroxylation is 2. The molecule has 3 aromatic carbocycles. The Hall–Kier alpha value is -1.38. The summed E-state index contributed by atoms with van der Waals surface area (Å²) in [7, 11) is 0. The highest BCUT2D eigenvalue weighted by Gasteiger charge is 2.46. The van der Waals surface area contributed by atoms with Crippen LogP contribution in [-0.4, -0.2) is 0 Å². The predicted octanol–water partition coefficient (Wildman–Crippen LogP) is 8.44. The van der Waals surface area contributed by atoms with Crippen molar-refractivity contribution in [1.82, 2.24) is 0 Å². The Bertz CT molecular complexity index is 1100. The van der Waals surface area contributed by atoms with Gasteiger partial charge in [0.2, 0.25) is 0 Å². The Labute approximate surface area is 184 Å². The summed E-state index contributed by atoms with van der Waals surface area (Å²) in [5, 5.41) is 0. The molecule has 0 heterocycles. The van der Waals surface area contributed by atoms with Gasteiger partial charge >= 0.3 is 0 Å². The standard InChI is InChI=1S/C26H24Br2/c1-13-9-15(27)11-19-21(13)17-7-8-18-22-14(2)10-16(28)12-20(22)26(5,6)24(18)23(17)25(19,3)4/h7-12H,1-6H3. The molecule has 0 fully saturated rings. The smallest absolute Gasteiger partial charge is 0.0181 e. The van der Waals surface area contributed by atoms with Gasteiger partial charge < -0.3 is 0 Å². The first kappa shape index (κ1) is 18.6. The van der Waals surface area contributed by atoms with Gasteiger partial charge in [-0.25, -0.2) is 0 Å². The molecule has 0 N–H and O–H groups in total. The third kappa shape index (κ3) is 2.17. The lowest BCUT2D eigenvalue weighted by molar-refractivity contribution is 0.600. The molecule has 0 nitrogen and oxygen atoms in total. The molecule has 2 aliphatic rings. The predicted molar refractivity (Wildman–Crippen MR) is 126 cm³/mol. The molecular weight excluding hydrogens is 472 g/mol. The molecule has 0 bridgehead atoms. The molecule has 0 amide bonds. The second-order valence-electron chi connectivity index (χ2n) is 9.45. The Balaban J connectivity index is 1.92. The zero-order chi connectivity index (χ0) is 20.2. The maximum atomic E-state index is 3.73. The van der Waals surface area contributed by atoms with Crippen molar-refractivity contribution in [2.45, 2.75) is 52.4 Å². The van der Waals surface area contributed by atoms with Gasteiger partial charge in [0.25, 0.3) is 0 Å². The molecule has 3 aromatic rings. The van der Waals surface area contributed by atoms with Gasteiger partial charge in [-0.1, -0.05) is 71.7 Å². The molecule has 0 saturated heterocycles. The van der Waals surface area contributed by atoms with E-state index in [2.05, 4.69) is 110 Å². The molecule has 28 heavy (non-hydrogen) atoms. The van der Waals surface area contributed by atoms with E-state index in [1.807, 2.05) is 0 Å². The van der Waals surface area contributed by atoms with Crippen molar-refractivity contribution in [2.75, 3.05) is 0 Å². The molecular formula is C26H24Br2.